The Kier molecular flexibility index (Phi) is 4.68. The topological polar surface area (TPSA) is 95.1 Å². The third kappa shape index (κ3) is 3.04. The zero-order chi connectivity index (χ0) is 19.1. The van der Waals surface area contributed by atoms with E-state index in [1.807, 2.05) is 20.8 Å². The number of amidine groups is 1. The number of anilines is 1. The van der Waals surface area contributed by atoms with Crippen LogP contribution in [0.5, 0.6) is 0 Å². The van der Waals surface area contributed by atoms with Gasteiger partial charge in [0, 0.05) is 28.1 Å². The predicted molar refractivity (Wildman–Crippen MR) is 100 cm³/mol. The molecule has 1 aliphatic heterocycles. The number of nitrogens with zero attached hydrogens (tertiary/aromatic N) is 4. The fourth-order valence-corrected chi connectivity index (χ4v) is 4.75. The Bertz CT molecular complexity index is 854. The van der Waals surface area contributed by atoms with Crippen molar-refractivity contribution in [3.8, 4) is 0 Å². The van der Waals surface area contributed by atoms with Gasteiger partial charge in [-0.25, -0.2) is 13.8 Å². The lowest BCUT2D eigenvalue weighted by Gasteiger charge is -2.47. The standard InChI is InChI=1S/C17H22F2N6S/c1-10-7-25(24-23-10)9-16(3)11(2)17(8-18,22-15(21)26-16)13-6-12(20)4-5-14(13)19/h4-7,11H,8-9,20H2,1-3H3,(H2,21,22)/t11-,16-,17+/m1/s1. The highest BCUT2D eigenvalue weighted by Gasteiger charge is 2.53. The quantitative estimate of drug-likeness (QED) is 0.795. The minimum absolute atomic E-state index is 0.122. The maximum atomic E-state index is 14.6. The summed E-state index contributed by atoms with van der Waals surface area (Å²) < 4.78 is 30.1. The van der Waals surface area contributed by atoms with Gasteiger partial charge in [-0.05, 0) is 32.0 Å². The number of hydrogen-bond donors (Lipinski definition) is 2. The summed E-state index contributed by atoms with van der Waals surface area (Å²) in [5.74, 6) is -0.941. The van der Waals surface area contributed by atoms with Gasteiger partial charge in [-0.15, -0.1) is 5.10 Å². The van der Waals surface area contributed by atoms with E-state index in [4.69, 9.17) is 11.5 Å². The SMILES string of the molecule is Cc1cn(C[C@@]2(C)SC(N)=N[C@](CF)(c3cc(N)ccc3F)[C@@H]2C)nn1. The average molecular weight is 380 g/mol. The second-order valence-electron chi connectivity index (χ2n) is 6.94. The van der Waals surface area contributed by atoms with Crippen LogP contribution < -0.4 is 11.5 Å². The molecule has 0 spiro atoms. The third-order valence-corrected chi connectivity index (χ3v) is 6.32. The molecule has 3 atom stereocenters. The molecule has 1 aromatic carbocycles. The maximum Gasteiger partial charge on any atom is 0.155 e. The number of nitrogen functional groups attached to an aromatic ring is 1. The predicted octanol–water partition coefficient (Wildman–Crippen LogP) is 2.63. The van der Waals surface area contributed by atoms with E-state index in [9.17, 15) is 8.78 Å². The highest BCUT2D eigenvalue weighted by atomic mass is 32.2. The summed E-state index contributed by atoms with van der Waals surface area (Å²) in [6.07, 6.45) is 1.80. The molecule has 0 fully saturated rings. The van der Waals surface area contributed by atoms with Gasteiger partial charge in [0.15, 0.2) is 5.17 Å². The number of nitrogens with two attached hydrogens (primary N) is 2. The van der Waals surface area contributed by atoms with Crippen LogP contribution in [0.1, 0.15) is 25.1 Å². The summed E-state index contributed by atoms with van der Waals surface area (Å²) in [4.78, 5) is 4.37. The molecule has 0 unspecified atom stereocenters. The largest absolute Gasteiger partial charge is 0.399 e. The van der Waals surface area contributed by atoms with Gasteiger partial charge < -0.3 is 11.5 Å². The van der Waals surface area contributed by atoms with Gasteiger partial charge in [0.05, 0.1) is 12.2 Å². The molecule has 9 heteroatoms. The van der Waals surface area contributed by atoms with Crippen molar-refractivity contribution in [2.24, 2.45) is 16.6 Å². The first-order chi connectivity index (χ1) is 12.2. The van der Waals surface area contributed by atoms with Gasteiger partial charge in [0.25, 0.3) is 0 Å². The minimum atomic E-state index is -1.45. The second-order valence-corrected chi connectivity index (χ2v) is 8.50. The van der Waals surface area contributed by atoms with Crippen molar-refractivity contribution in [2.45, 2.75) is 37.6 Å². The number of benzene rings is 1. The van der Waals surface area contributed by atoms with Gasteiger partial charge in [-0.3, -0.25) is 4.68 Å². The van der Waals surface area contributed by atoms with Crippen LogP contribution in [0.25, 0.3) is 0 Å². The van der Waals surface area contributed by atoms with Gasteiger partial charge in [-0.2, -0.15) is 0 Å². The Hall–Kier alpha value is -2.16. The first-order valence-corrected chi connectivity index (χ1v) is 9.04. The summed E-state index contributed by atoms with van der Waals surface area (Å²) in [6, 6.07) is 4.12. The number of aryl methyl sites for hydroxylation is 1. The molecule has 140 valence electrons. The Labute approximate surface area is 155 Å². The van der Waals surface area contributed by atoms with E-state index in [-0.39, 0.29) is 10.7 Å². The third-order valence-electron chi connectivity index (χ3n) is 5.07. The molecule has 26 heavy (non-hydrogen) atoms. The van der Waals surface area contributed by atoms with Gasteiger partial charge in [0.1, 0.15) is 18.0 Å². The molecule has 4 N–H and O–H groups in total. The molecule has 0 amide bonds. The van der Waals surface area contributed by atoms with Crippen molar-refractivity contribution in [1.82, 2.24) is 15.0 Å². The Morgan fingerprint density at radius 1 is 1.35 bits per heavy atom. The van der Waals surface area contributed by atoms with Crippen LogP contribution in [0.3, 0.4) is 0 Å². The van der Waals surface area contributed by atoms with Crippen LogP contribution in [0, 0.1) is 18.7 Å². The molecule has 2 aromatic rings. The van der Waals surface area contributed by atoms with Crippen molar-refractivity contribution in [2.75, 3.05) is 12.4 Å². The number of hydrogen-bond acceptors (Lipinski definition) is 6. The van der Waals surface area contributed by atoms with Crippen LogP contribution in [0.15, 0.2) is 29.4 Å². The molecular weight excluding hydrogens is 358 g/mol. The summed E-state index contributed by atoms with van der Waals surface area (Å²) in [7, 11) is 0. The van der Waals surface area contributed by atoms with Crippen molar-refractivity contribution in [3.63, 3.8) is 0 Å². The summed E-state index contributed by atoms with van der Waals surface area (Å²) >= 11 is 1.34. The van der Waals surface area contributed by atoms with Crippen molar-refractivity contribution >= 4 is 22.6 Å². The van der Waals surface area contributed by atoms with E-state index in [0.717, 1.165) is 5.69 Å². The fourth-order valence-electron chi connectivity index (χ4n) is 3.50. The zero-order valence-corrected chi connectivity index (χ0v) is 15.7. The lowest BCUT2D eigenvalue weighted by atomic mass is 9.73. The fraction of sp³-hybridized carbons (Fsp3) is 0.471. The minimum Gasteiger partial charge on any atom is -0.399 e. The van der Waals surface area contributed by atoms with Crippen molar-refractivity contribution < 1.29 is 8.78 Å². The van der Waals surface area contributed by atoms with Gasteiger partial charge >= 0.3 is 0 Å². The van der Waals surface area contributed by atoms with E-state index in [1.165, 1.54) is 30.0 Å². The lowest BCUT2D eigenvalue weighted by Crippen LogP contribution is -2.53. The maximum absolute atomic E-state index is 14.6. The molecule has 1 aliphatic rings. The monoisotopic (exact) mass is 380 g/mol. The Balaban J connectivity index is 2.10. The molecule has 0 aliphatic carbocycles. The second kappa shape index (κ2) is 6.53. The van der Waals surface area contributed by atoms with Gasteiger partial charge in [-0.1, -0.05) is 23.9 Å². The Morgan fingerprint density at radius 2 is 2.08 bits per heavy atom. The number of aromatic nitrogens is 3. The average Bonchev–Trinajstić information content (AvgIpc) is 2.98. The highest BCUT2D eigenvalue weighted by Crippen LogP contribution is 2.51. The van der Waals surface area contributed by atoms with E-state index in [0.29, 0.717) is 12.2 Å². The van der Waals surface area contributed by atoms with Crippen LogP contribution in [-0.2, 0) is 12.1 Å². The summed E-state index contributed by atoms with van der Waals surface area (Å²) in [5, 5.41) is 8.28. The number of thioether (sulfide) groups is 1. The smallest absolute Gasteiger partial charge is 0.155 e. The number of alkyl halides is 1. The number of halogens is 2. The van der Waals surface area contributed by atoms with Crippen LogP contribution in [0.2, 0.25) is 0 Å². The zero-order valence-electron chi connectivity index (χ0n) is 14.9. The lowest BCUT2D eigenvalue weighted by molar-refractivity contribution is 0.171. The van der Waals surface area contributed by atoms with Crippen LogP contribution in [-0.4, -0.2) is 31.6 Å². The first kappa shape index (κ1) is 18.6. The molecule has 6 nitrogen and oxygen atoms in total. The van der Waals surface area contributed by atoms with E-state index >= 15 is 0 Å². The summed E-state index contributed by atoms with van der Waals surface area (Å²) in [6.45, 7) is 5.20. The van der Waals surface area contributed by atoms with Crippen LogP contribution in [0.4, 0.5) is 14.5 Å². The normalized spacial score (nSPS) is 28.8. The van der Waals surface area contributed by atoms with Gasteiger partial charge in [0.2, 0.25) is 0 Å². The molecule has 3 rings (SSSR count). The van der Waals surface area contributed by atoms with Crippen LogP contribution >= 0.6 is 11.8 Å². The Morgan fingerprint density at radius 3 is 2.69 bits per heavy atom. The first-order valence-electron chi connectivity index (χ1n) is 8.23. The summed E-state index contributed by atoms with van der Waals surface area (Å²) in [5.41, 5.74) is 11.7. The number of aliphatic imine (C=N–C) groups is 1. The molecule has 1 aromatic heterocycles. The number of rotatable bonds is 4. The molecule has 0 saturated carbocycles. The highest BCUT2D eigenvalue weighted by molar-refractivity contribution is 8.15. The van der Waals surface area contributed by atoms with E-state index in [1.54, 1.807) is 10.9 Å². The molecule has 2 heterocycles. The molecule has 0 radical (unpaired) electrons. The molecular formula is C17H22F2N6S. The molecule has 0 saturated heterocycles. The van der Waals surface area contributed by atoms with E-state index < -0.39 is 28.7 Å². The van der Waals surface area contributed by atoms with E-state index in [2.05, 4.69) is 15.3 Å². The van der Waals surface area contributed by atoms with Crippen molar-refractivity contribution in [1.29, 1.82) is 0 Å². The van der Waals surface area contributed by atoms with Crippen molar-refractivity contribution in [3.05, 3.63) is 41.5 Å². The molecule has 0 bridgehead atoms.